The van der Waals surface area contributed by atoms with Crippen LogP contribution in [0.25, 0.3) is 33.5 Å². The molecule has 0 aliphatic rings. The molecule has 0 saturated heterocycles. The Morgan fingerprint density at radius 3 is 1.57 bits per heavy atom. The minimum Gasteiger partial charge on any atom is -0.289 e. The summed E-state index contributed by atoms with van der Waals surface area (Å²) >= 11 is 0. The summed E-state index contributed by atoms with van der Waals surface area (Å²) in [5.41, 5.74) is 6.37. The molecule has 3 nitrogen and oxygen atoms in total. The van der Waals surface area contributed by atoms with E-state index in [0.717, 1.165) is 28.0 Å². The maximum Gasteiger partial charge on any atom is 0.193 e. The molecule has 0 amide bonds. The van der Waals surface area contributed by atoms with Crippen molar-refractivity contribution in [3.8, 4) is 22.5 Å². The Kier molecular flexibility index (Phi) is 4.62. The maximum atomic E-state index is 12.9. The van der Waals surface area contributed by atoms with Crippen molar-refractivity contribution in [2.45, 2.75) is 0 Å². The SMILES string of the molecule is O=C(c1ccccc1)c1ccc2nc(-c3ccccc3)c(-c3ccccc3)nc2c1. The summed E-state index contributed by atoms with van der Waals surface area (Å²) in [5.74, 6) is -0.0207. The lowest BCUT2D eigenvalue weighted by Crippen LogP contribution is -2.02. The topological polar surface area (TPSA) is 42.9 Å². The number of aromatic nitrogens is 2. The average molecular weight is 386 g/mol. The highest BCUT2D eigenvalue weighted by Gasteiger charge is 2.15. The van der Waals surface area contributed by atoms with E-state index >= 15 is 0 Å². The van der Waals surface area contributed by atoms with E-state index < -0.39 is 0 Å². The second-order valence-corrected chi connectivity index (χ2v) is 7.05. The average Bonchev–Trinajstić information content (AvgIpc) is 2.84. The third kappa shape index (κ3) is 3.38. The van der Waals surface area contributed by atoms with E-state index in [1.54, 1.807) is 0 Å². The van der Waals surface area contributed by atoms with Crippen LogP contribution in [0.3, 0.4) is 0 Å². The highest BCUT2D eigenvalue weighted by Crippen LogP contribution is 2.31. The number of rotatable bonds is 4. The Bertz CT molecular complexity index is 1330. The summed E-state index contributed by atoms with van der Waals surface area (Å²) in [4.78, 5) is 22.8. The lowest BCUT2D eigenvalue weighted by atomic mass is 10.0. The summed E-state index contributed by atoms with van der Waals surface area (Å²) in [6, 6.07) is 34.9. The number of fused-ring (bicyclic) bond motifs is 1. The Balaban J connectivity index is 1.69. The molecule has 0 atom stereocenters. The van der Waals surface area contributed by atoms with E-state index in [0.29, 0.717) is 16.6 Å². The molecule has 0 fully saturated rings. The van der Waals surface area contributed by atoms with Crippen molar-refractivity contribution in [1.29, 1.82) is 0 Å². The summed E-state index contributed by atoms with van der Waals surface area (Å²) in [7, 11) is 0. The fraction of sp³-hybridized carbons (Fsp3) is 0. The molecular weight excluding hydrogens is 368 g/mol. The zero-order valence-electron chi connectivity index (χ0n) is 16.2. The molecule has 0 radical (unpaired) electrons. The summed E-state index contributed by atoms with van der Waals surface area (Å²) in [6.45, 7) is 0. The molecule has 4 aromatic carbocycles. The van der Waals surface area contributed by atoms with Crippen molar-refractivity contribution in [3.63, 3.8) is 0 Å². The fourth-order valence-corrected chi connectivity index (χ4v) is 3.55. The van der Waals surface area contributed by atoms with Gasteiger partial charge in [-0.25, -0.2) is 9.97 Å². The van der Waals surface area contributed by atoms with Crippen LogP contribution >= 0.6 is 0 Å². The molecule has 5 aromatic rings. The van der Waals surface area contributed by atoms with Crippen molar-refractivity contribution >= 4 is 16.8 Å². The van der Waals surface area contributed by atoms with E-state index in [4.69, 9.17) is 9.97 Å². The standard InChI is InChI=1S/C27H18N2O/c30-27(21-14-8-3-9-15-21)22-16-17-23-24(18-22)29-26(20-12-6-2-7-13-20)25(28-23)19-10-4-1-5-11-19/h1-18H. The first kappa shape index (κ1) is 18.0. The molecule has 1 aromatic heterocycles. The summed E-state index contributed by atoms with van der Waals surface area (Å²) in [5, 5.41) is 0. The Morgan fingerprint density at radius 2 is 1.00 bits per heavy atom. The van der Waals surface area contributed by atoms with Gasteiger partial charge in [-0.15, -0.1) is 0 Å². The molecule has 142 valence electrons. The van der Waals surface area contributed by atoms with Crippen LogP contribution in [-0.2, 0) is 0 Å². The van der Waals surface area contributed by atoms with E-state index in [9.17, 15) is 4.79 Å². The monoisotopic (exact) mass is 386 g/mol. The van der Waals surface area contributed by atoms with Crippen LogP contribution in [0.15, 0.2) is 109 Å². The van der Waals surface area contributed by atoms with Crippen LogP contribution in [0.5, 0.6) is 0 Å². The minimum atomic E-state index is -0.0207. The molecule has 0 N–H and O–H groups in total. The smallest absolute Gasteiger partial charge is 0.193 e. The predicted octanol–water partition coefficient (Wildman–Crippen LogP) is 6.19. The van der Waals surface area contributed by atoms with Gasteiger partial charge in [0.1, 0.15) is 0 Å². The number of carbonyl (C=O) groups excluding carboxylic acids is 1. The van der Waals surface area contributed by atoms with Crippen molar-refractivity contribution in [2.75, 3.05) is 0 Å². The van der Waals surface area contributed by atoms with Crippen molar-refractivity contribution < 1.29 is 4.79 Å². The molecule has 0 aliphatic heterocycles. The van der Waals surface area contributed by atoms with Gasteiger partial charge in [0, 0.05) is 22.3 Å². The zero-order chi connectivity index (χ0) is 20.3. The molecular formula is C27H18N2O. The van der Waals surface area contributed by atoms with E-state index in [1.807, 2.05) is 109 Å². The van der Waals surface area contributed by atoms with Gasteiger partial charge < -0.3 is 0 Å². The van der Waals surface area contributed by atoms with Crippen molar-refractivity contribution in [3.05, 3.63) is 120 Å². The van der Waals surface area contributed by atoms with Gasteiger partial charge >= 0.3 is 0 Å². The molecule has 0 unspecified atom stereocenters. The largest absolute Gasteiger partial charge is 0.289 e. The molecule has 0 bridgehead atoms. The van der Waals surface area contributed by atoms with Gasteiger partial charge in [0.25, 0.3) is 0 Å². The molecule has 0 spiro atoms. The quantitative estimate of drug-likeness (QED) is 0.346. The predicted molar refractivity (Wildman–Crippen MR) is 120 cm³/mol. The Hall–Kier alpha value is -4.11. The van der Waals surface area contributed by atoms with Crippen LogP contribution in [0, 0.1) is 0 Å². The third-order valence-corrected chi connectivity index (χ3v) is 5.06. The first-order valence-corrected chi connectivity index (χ1v) is 9.82. The normalized spacial score (nSPS) is 10.8. The van der Waals surface area contributed by atoms with Crippen LogP contribution in [-0.4, -0.2) is 15.8 Å². The van der Waals surface area contributed by atoms with Gasteiger partial charge in [0.15, 0.2) is 5.78 Å². The second kappa shape index (κ2) is 7.72. The number of benzene rings is 4. The van der Waals surface area contributed by atoms with Gasteiger partial charge in [0.05, 0.1) is 22.4 Å². The third-order valence-electron chi connectivity index (χ3n) is 5.06. The van der Waals surface area contributed by atoms with Gasteiger partial charge in [-0.2, -0.15) is 0 Å². The number of carbonyl (C=O) groups is 1. The summed E-state index contributed by atoms with van der Waals surface area (Å²) in [6.07, 6.45) is 0. The number of hydrogen-bond donors (Lipinski definition) is 0. The zero-order valence-corrected chi connectivity index (χ0v) is 16.2. The van der Waals surface area contributed by atoms with Gasteiger partial charge in [0.2, 0.25) is 0 Å². The van der Waals surface area contributed by atoms with Gasteiger partial charge in [-0.1, -0.05) is 91.0 Å². The maximum absolute atomic E-state index is 12.9. The lowest BCUT2D eigenvalue weighted by Gasteiger charge is -2.11. The molecule has 0 saturated carbocycles. The first-order valence-electron chi connectivity index (χ1n) is 9.82. The minimum absolute atomic E-state index is 0.0207. The number of nitrogens with zero attached hydrogens (tertiary/aromatic N) is 2. The van der Waals surface area contributed by atoms with Crippen LogP contribution in [0.2, 0.25) is 0 Å². The molecule has 5 rings (SSSR count). The van der Waals surface area contributed by atoms with E-state index in [1.165, 1.54) is 0 Å². The van der Waals surface area contributed by atoms with Crippen LogP contribution < -0.4 is 0 Å². The first-order chi connectivity index (χ1) is 14.8. The van der Waals surface area contributed by atoms with Crippen LogP contribution in [0.4, 0.5) is 0 Å². The Labute approximate surface area is 174 Å². The summed E-state index contributed by atoms with van der Waals surface area (Å²) < 4.78 is 0. The molecule has 3 heteroatoms. The van der Waals surface area contributed by atoms with Gasteiger partial charge in [-0.05, 0) is 18.2 Å². The highest BCUT2D eigenvalue weighted by molar-refractivity contribution is 6.10. The number of ketones is 1. The van der Waals surface area contributed by atoms with E-state index in [-0.39, 0.29) is 5.78 Å². The lowest BCUT2D eigenvalue weighted by molar-refractivity contribution is 0.103. The second-order valence-electron chi connectivity index (χ2n) is 7.05. The Morgan fingerprint density at radius 1 is 0.500 bits per heavy atom. The molecule has 0 aliphatic carbocycles. The molecule has 30 heavy (non-hydrogen) atoms. The van der Waals surface area contributed by atoms with Crippen LogP contribution in [0.1, 0.15) is 15.9 Å². The number of hydrogen-bond acceptors (Lipinski definition) is 3. The fourth-order valence-electron chi connectivity index (χ4n) is 3.55. The molecule has 1 heterocycles. The van der Waals surface area contributed by atoms with Crippen molar-refractivity contribution in [2.24, 2.45) is 0 Å². The van der Waals surface area contributed by atoms with Gasteiger partial charge in [-0.3, -0.25) is 4.79 Å². The highest BCUT2D eigenvalue weighted by atomic mass is 16.1. The van der Waals surface area contributed by atoms with Crippen molar-refractivity contribution in [1.82, 2.24) is 9.97 Å². The van der Waals surface area contributed by atoms with E-state index in [2.05, 4.69) is 0 Å².